The number of carbonyl (C=O) groups is 1. The molecule has 1 aliphatic heterocycles. The Labute approximate surface area is 164 Å². The molecule has 1 N–H and O–H groups in total. The van der Waals surface area contributed by atoms with Crippen LogP contribution in [0.3, 0.4) is 0 Å². The van der Waals surface area contributed by atoms with E-state index in [0.717, 1.165) is 48.8 Å². The van der Waals surface area contributed by atoms with Gasteiger partial charge in [0.05, 0.1) is 18.9 Å². The second-order valence-corrected chi connectivity index (χ2v) is 6.58. The quantitative estimate of drug-likeness (QED) is 0.744. The minimum Gasteiger partial charge on any atom is -0.378 e. The van der Waals surface area contributed by atoms with Crippen molar-refractivity contribution in [3.63, 3.8) is 0 Å². The topological polar surface area (TPSA) is 67.4 Å². The molecule has 1 saturated heterocycles. The number of morpholine rings is 1. The van der Waals surface area contributed by atoms with Gasteiger partial charge in [-0.2, -0.15) is 0 Å². The summed E-state index contributed by atoms with van der Waals surface area (Å²) in [6.07, 6.45) is 5.25. The molecule has 1 aromatic carbocycles. The maximum Gasteiger partial charge on any atom is 0.251 e. The van der Waals surface area contributed by atoms with Crippen LogP contribution in [0.25, 0.3) is 11.3 Å². The summed E-state index contributed by atoms with van der Waals surface area (Å²) in [7, 11) is 0. The first-order valence-electron chi connectivity index (χ1n) is 9.36. The van der Waals surface area contributed by atoms with Gasteiger partial charge in [-0.15, -0.1) is 0 Å². The molecule has 4 rings (SSSR count). The monoisotopic (exact) mass is 374 g/mol. The molecule has 0 atom stereocenters. The number of amides is 1. The summed E-state index contributed by atoms with van der Waals surface area (Å²) >= 11 is 0. The van der Waals surface area contributed by atoms with E-state index >= 15 is 0 Å². The summed E-state index contributed by atoms with van der Waals surface area (Å²) in [5, 5.41) is 2.99. The molecular formula is C22H22N4O2. The first kappa shape index (κ1) is 18.1. The Morgan fingerprint density at radius 2 is 1.82 bits per heavy atom. The zero-order chi connectivity index (χ0) is 19.2. The van der Waals surface area contributed by atoms with Crippen LogP contribution < -0.4 is 10.2 Å². The van der Waals surface area contributed by atoms with E-state index in [0.29, 0.717) is 12.1 Å². The fourth-order valence-electron chi connectivity index (χ4n) is 3.27. The number of nitrogens with zero attached hydrogens (tertiary/aromatic N) is 3. The van der Waals surface area contributed by atoms with Crippen molar-refractivity contribution in [1.82, 2.24) is 15.3 Å². The normalized spacial score (nSPS) is 13.9. The van der Waals surface area contributed by atoms with E-state index in [4.69, 9.17) is 4.74 Å². The van der Waals surface area contributed by atoms with Gasteiger partial charge in [0.2, 0.25) is 0 Å². The van der Waals surface area contributed by atoms with Crippen LogP contribution in [-0.4, -0.2) is 42.2 Å². The molecule has 3 aromatic rings. The summed E-state index contributed by atoms with van der Waals surface area (Å²) in [5.41, 5.74) is 4.48. The van der Waals surface area contributed by atoms with Gasteiger partial charge in [-0.05, 0) is 48.0 Å². The highest BCUT2D eigenvalue weighted by Gasteiger charge is 2.13. The Bertz CT molecular complexity index is 923. The number of ether oxygens (including phenoxy) is 1. The summed E-state index contributed by atoms with van der Waals surface area (Å²) in [4.78, 5) is 23.4. The van der Waals surface area contributed by atoms with Crippen molar-refractivity contribution in [2.24, 2.45) is 0 Å². The standard InChI is InChI=1S/C22H22N4O2/c27-22(17-5-7-20(8-6-17)26-11-13-28-14-12-26)25-16-19-4-2-10-24-21(19)18-3-1-9-23-15-18/h1-10,15H,11-14,16H2,(H,25,27). The SMILES string of the molecule is O=C(NCc1cccnc1-c1cccnc1)c1ccc(N2CCOCC2)cc1. The molecule has 1 aliphatic rings. The Morgan fingerprint density at radius 3 is 2.57 bits per heavy atom. The molecule has 3 heterocycles. The fraction of sp³-hybridized carbons (Fsp3) is 0.227. The van der Waals surface area contributed by atoms with Crippen molar-refractivity contribution in [3.8, 4) is 11.3 Å². The minimum absolute atomic E-state index is 0.102. The minimum atomic E-state index is -0.102. The van der Waals surface area contributed by atoms with Crippen molar-refractivity contribution in [2.45, 2.75) is 6.54 Å². The smallest absolute Gasteiger partial charge is 0.251 e. The lowest BCUT2D eigenvalue weighted by atomic mass is 10.1. The molecule has 0 saturated carbocycles. The van der Waals surface area contributed by atoms with Gasteiger partial charge in [0.25, 0.3) is 5.91 Å². The summed E-state index contributed by atoms with van der Waals surface area (Å²) in [6, 6.07) is 15.4. The maximum absolute atomic E-state index is 12.6. The molecule has 1 fully saturated rings. The number of anilines is 1. The second kappa shape index (κ2) is 8.63. The Morgan fingerprint density at radius 1 is 1.04 bits per heavy atom. The predicted octanol–water partition coefficient (Wildman–Crippen LogP) is 2.91. The van der Waals surface area contributed by atoms with Crippen molar-refractivity contribution in [2.75, 3.05) is 31.2 Å². The van der Waals surface area contributed by atoms with Gasteiger partial charge in [-0.1, -0.05) is 6.07 Å². The molecule has 0 unspecified atom stereocenters. The Hall–Kier alpha value is -3.25. The van der Waals surface area contributed by atoms with Gasteiger partial charge in [0.1, 0.15) is 0 Å². The molecule has 0 radical (unpaired) electrons. The first-order valence-corrected chi connectivity index (χ1v) is 9.36. The van der Waals surface area contributed by atoms with E-state index in [2.05, 4.69) is 20.2 Å². The average Bonchev–Trinajstić information content (AvgIpc) is 2.79. The van der Waals surface area contributed by atoms with Gasteiger partial charge >= 0.3 is 0 Å². The Balaban J connectivity index is 1.42. The van der Waals surface area contributed by atoms with E-state index in [-0.39, 0.29) is 5.91 Å². The van der Waals surface area contributed by atoms with Gasteiger partial charge in [-0.3, -0.25) is 14.8 Å². The van der Waals surface area contributed by atoms with Gasteiger partial charge in [-0.25, -0.2) is 0 Å². The van der Waals surface area contributed by atoms with E-state index < -0.39 is 0 Å². The lowest BCUT2D eigenvalue weighted by Gasteiger charge is -2.28. The van der Waals surface area contributed by atoms with Crippen LogP contribution in [0.4, 0.5) is 5.69 Å². The van der Waals surface area contributed by atoms with Crippen LogP contribution in [0.2, 0.25) is 0 Å². The summed E-state index contributed by atoms with van der Waals surface area (Å²) < 4.78 is 5.38. The van der Waals surface area contributed by atoms with E-state index in [1.165, 1.54) is 0 Å². The molecule has 28 heavy (non-hydrogen) atoms. The number of benzene rings is 1. The van der Waals surface area contributed by atoms with Crippen LogP contribution in [0.5, 0.6) is 0 Å². The summed E-state index contributed by atoms with van der Waals surface area (Å²) in [5.74, 6) is -0.102. The lowest BCUT2D eigenvalue weighted by Crippen LogP contribution is -2.36. The van der Waals surface area contributed by atoms with Gasteiger partial charge in [0, 0.05) is 55.0 Å². The third-order valence-corrected chi connectivity index (χ3v) is 4.77. The van der Waals surface area contributed by atoms with Crippen molar-refractivity contribution in [3.05, 3.63) is 78.2 Å². The molecule has 142 valence electrons. The fourth-order valence-corrected chi connectivity index (χ4v) is 3.27. The van der Waals surface area contributed by atoms with Crippen molar-refractivity contribution < 1.29 is 9.53 Å². The van der Waals surface area contributed by atoms with Crippen LogP contribution in [-0.2, 0) is 11.3 Å². The number of rotatable bonds is 5. The van der Waals surface area contributed by atoms with Crippen LogP contribution in [0.15, 0.2) is 67.1 Å². The van der Waals surface area contributed by atoms with Gasteiger partial charge in [0.15, 0.2) is 0 Å². The number of carbonyl (C=O) groups excluding carboxylic acids is 1. The number of nitrogens with one attached hydrogen (secondary N) is 1. The zero-order valence-electron chi connectivity index (χ0n) is 15.5. The maximum atomic E-state index is 12.6. The molecule has 0 aliphatic carbocycles. The molecule has 0 bridgehead atoms. The molecule has 6 heteroatoms. The molecular weight excluding hydrogens is 352 g/mol. The number of hydrogen-bond donors (Lipinski definition) is 1. The van der Waals surface area contributed by atoms with Crippen molar-refractivity contribution >= 4 is 11.6 Å². The van der Waals surface area contributed by atoms with Crippen molar-refractivity contribution in [1.29, 1.82) is 0 Å². The molecule has 1 amide bonds. The molecule has 0 spiro atoms. The highest BCUT2D eigenvalue weighted by atomic mass is 16.5. The highest BCUT2D eigenvalue weighted by Crippen LogP contribution is 2.20. The lowest BCUT2D eigenvalue weighted by molar-refractivity contribution is 0.0951. The number of aromatic nitrogens is 2. The third-order valence-electron chi connectivity index (χ3n) is 4.77. The van der Waals surface area contributed by atoms with E-state index in [1.54, 1.807) is 18.6 Å². The summed E-state index contributed by atoms with van der Waals surface area (Å²) in [6.45, 7) is 3.65. The van der Waals surface area contributed by atoms with E-state index in [1.807, 2.05) is 48.5 Å². The van der Waals surface area contributed by atoms with Crippen LogP contribution in [0, 0.1) is 0 Å². The second-order valence-electron chi connectivity index (χ2n) is 6.58. The first-order chi connectivity index (χ1) is 13.8. The number of pyridine rings is 2. The number of hydrogen-bond acceptors (Lipinski definition) is 5. The van der Waals surface area contributed by atoms with Crippen LogP contribution >= 0.6 is 0 Å². The third kappa shape index (κ3) is 4.18. The average molecular weight is 374 g/mol. The molecule has 2 aromatic heterocycles. The highest BCUT2D eigenvalue weighted by molar-refractivity contribution is 5.94. The predicted molar refractivity (Wildman–Crippen MR) is 108 cm³/mol. The zero-order valence-corrected chi connectivity index (χ0v) is 15.5. The van der Waals surface area contributed by atoms with Gasteiger partial charge < -0.3 is 15.0 Å². The largest absolute Gasteiger partial charge is 0.378 e. The van der Waals surface area contributed by atoms with E-state index in [9.17, 15) is 4.79 Å². The Kier molecular flexibility index (Phi) is 5.58. The van der Waals surface area contributed by atoms with Crippen LogP contribution in [0.1, 0.15) is 15.9 Å². The molecule has 6 nitrogen and oxygen atoms in total.